The Morgan fingerprint density at radius 1 is 0.300 bits per heavy atom. The second-order valence-electron chi connectivity index (χ2n) is 18.4. The lowest BCUT2D eigenvalue weighted by Gasteiger charge is -2.40. The summed E-state index contributed by atoms with van der Waals surface area (Å²) in [5, 5.41) is 2.47. The molecule has 2 aliphatic rings. The van der Waals surface area contributed by atoms with Crippen molar-refractivity contribution in [2.24, 2.45) is 0 Å². The topological polar surface area (TPSA) is 17.4 Å². The smallest absolute Gasteiger partial charge is 0.132 e. The number of fused-ring (bicyclic) bond motifs is 12. The quantitative estimate of drug-likeness (QED) is 0.159. The van der Waals surface area contributed by atoms with Gasteiger partial charge >= 0.3 is 0 Å². The summed E-state index contributed by atoms with van der Waals surface area (Å²) in [5.41, 5.74) is 20.4. The number of rotatable bonds is 7. The van der Waals surface area contributed by atoms with Crippen molar-refractivity contribution in [2.45, 2.75) is 5.41 Å². The summed E-state index contributed by atoms with van der Waals surface area (Å²) in [6, 6.07) is 97.2. The molecule has 3 nitrogen and oxygen atoms in total. The molecule has 11 aromatic carbocycles. The zero-order valence-electron chi connectivity index (χ0n) is 38.2. The van der Waals surface area contributed by atoms with Crippen LogP contribution in [0.4, 0.5) is 17.1 Å². The Kier molecular flexibility index (Phi) is 9.11. The van der Waals surface area contributed by atoms with Crippen LogP contribution >= 0.6 is 0 Å². The van der Waals surface area contributed by atoms with Gasteiger partial charge in [-0.2, -0.15) is 0 Å². The maximum Gasteiger partial charge on any atom is 0.132 e. The summed E-state index contributed by atoms with van der Waals surface area (Å²) < 4.78 is 9.22. The molecule has 3 heteroatoms. The molecule has 0 radical (unpaired) electrons. The number of aromatic nitrogens is 1. The Balaban J connectivity index is 0.974. The highest BCUT2D eigenvalue weighted by Gasteiger charge is 2.51. The van der Waals surface area contributed by atoms with Gasteiger partial charge in [0.1, 0.15) is 11.5 Å². The summed E-state index contributed by atoms with van der Waals surface area (Å²) in [6.07, 6.45) is 0. The fourth-order valence-corrected chi connectivity index (χ4v) is 11.5. The lowest BCUT2D eigenvalue weighted by atomic mass is 9.66. The number of ether oxygens (including phenoxy) is 1. The van der Waals surface area contributed by atoms with E-state index in [9.17, 15) is 0 Å². The number of hydrogen-bond acceptors (Lipinski definition) is 2. The maximum atomic E-state index is 6.84. The number of para-hydroxylation sites is 4. The number of hydrogen-bond donors (Lipinski definition) is 0. The standard InChI is InChI=1S/C67H44N2O/c1-4-16-45(17-5-1)47-28-34-52(35-29-47)68(53-36-30-48(31-37-53)46-18-6-2-7-19-46)54-38-40-56-55-39-32-50(49-33-41-64-58(42-49)57-22-10-13-25-63(57)69(64)51-20-8-3-9-21-51)43-61(55)67(62(56)44-54)59-23-11-14-26-65(59)70-66-27-15-12-24-60(66)67/h1-44H. The van der Waals surface area contributed by atoms with E-state index in [1.54, 1.807) is 0 Å². The number of anilines is 3. The minimum Gasteiger partial charge on any atom is -0.457 e. The van der Waals surface area contributed by atoms with Gasteiger partial charge in [-0.3, -0.25) is 0 Å². The van der Waals surface area contributed by atoms with Crippen LogP contribution in [0.15, 0.2) is 267 Å². The van der Waals surface area contributed by atoms with Crippen LogP contribution in [-0.2, 0) is 5.41 Å². The maximum absolute atomic E-state index is 6.84. The third-order valence-electron chi connectivity index (χ3n) is 14.7. The van der Waals surface area contributed by atoms with E-state index in [-0.39, 0.29) is 0 Å². The Labute approximate surface area is 407 Å². The van der Waals surface area contributed by atoms with Gasteiger partial charge in [0.15, 0.2) is 0 Å². The van der Waals surface area contributed by atoms with Gasteiger partial charge in [0, 0.05) is 44.6 Å². The molecule has 0 unspecified atom stereocenters. The van der Waals surface area contributed by atoms with Gasteiger partial charge in [0.2, 0.25) is 0 Å². The molecule has 12 aromatic rings. The Bertz CT molecular complexity index is 3820. The van der Waals surface area contributed by atoms with Crippen molar-refractivity contribution >= 4 is 38.9 Å². The molecule has 0 fully saturated rings. The molecule has 0 saturated heterocycles. The van der Waals surface area contributed by atoms with Crippen LogP contribution in [0.1, 0.15) is 22.3 Å². The van der Waals surface area contributed by atoms with Gasteiger partial charge in [-0.15, -0.1) is 0 Å². The van der Waals surface area contributed by atoms with Gasteiger partial charge in [-0.05, 0) is 141 Å². The second-order valence-corrected chi connectivity index (χ2v) is 18.4. The van der Waals surface area contributed by atoms with E-state index in [0.29, 0.717) is 0 Å². The summed E-state index contributed by atoms with van der Waals surface area (Å²) in [4.78, 5) is 2.41. The first-order chi connectivity index (χ1) is 34.7. The first-order valence-electron chi connectivity index (χ1n) is 24.1. The summed E-state index contributed by atoms with van der Waals surface area (Å²) in [7, 11) is 0. The van der Waals surface area contributed by atoms with E-state index in [1.807, 2.05) is 0 Å². The predicted molar refractivity (Wildman–Crippen MR) is 289 cm³/mol. The predicted octanol–water partition coefficient (Wildman–Crippen LogP) is 17.7. The third kappa shape index (κ3) is 6.15. The molecule has 1 aliphatic carbocycles. The lowest BCUT2D eigenvalue weighted by Crippen LogP contribution is -2.32. The first kappa shape index (κ1) is 39.9. The van der Waals surface area contributed by atoms with Gasteiger partial charge < -0.3 is 14.2 Å². The second kappa shape index (κ2) is 16.0. The first-order valence-corrected chi connectivity index (χ1v) is 24.1. The van der Waals surface area contributed by atoms with Gasteiger partial charge in [0.25, 0.3) is 0 Å². The van der Waals surface area contributed by atoms with Crippen LogP contribution in [0.25, 0.3) is 72.0 Å². The van der Waals surface area contributed by atoms with Crippen molar-refractivity contribution in [3.8, 4) is 61.7 Å². The van der Waals surface area contributed by atoms with Gasteiger partial charge in [0.05, 0.1) is 16.4 Å². The molecule has 1 aromatic heterocycles. The summed E-state index contributed by atoms with van der Waals surface area (Å²) >= 11 is 0. The normalized spacial score (nSPS) is 12.8. The average molecular weight is 893 g/mol. The third-order valence-corrected chi connectivity index (χ3v) is 14.7. The van der Waals surface area contributed by atoms with Crippen molar-refractivity contribution in [3.63, 3.8) is 0 Å². The minimum absolute atomic E-state index is 0.685. The molecule has 14 rings (SSSR count). The molecule has 0 atom stereocenters. The van der Waals surface area contributed by atoms with Crippen LogP contribution in [0.2, 0.25) is 0 Å². The highest BCUT2D eigenvalue weighted by Crippen LogP contribution is 2.63. The molecule has 0 N–H and O–H groups in total. The van der Waals surface area contributed by atoms with E-state index in [2.05, 4.69) is 276 Å². The van der Waals surface area contributed by atoms with E-state index >= 15 is 0 Å². The molecule has 1 spiro atoms. The summed E-state index contributed by atoms with van der Waals surface area (Å²) in [5.74, 6) is 1.74. The van der Waals surface area contributed by atoms with Crippen LogP contribution in [0, 0.1) is 0 Å². The summed E-state index contributed by atoms with van der Waals surface area (Å²) in [6.45, 7) is 0. The van der Waals surface area contributed by atoms with Crippen molar-refractivity contribution in [3.05, 3.63) is 289 Å². The highest BCUT2D eigenvalue weighted by molar-refractivity contribution is 6.10. The van der Waals surface area contributed by atoms with Crippen LogP contribution in [-0.4, -0.2) is 4.57 Å². The van der Waals surface area contributed by atoms with E-state index in [4.69, 9.17) is 4.74 Å². The fourth-order valence-electron chi connectivity index (χ4n) is 11.5. The lowest BCUT2D eigenvalue weighted by molar-refractivity contribution is 0.436. The van der Waals surface area contributed by atoms with Crippen LogP contribution in [0.5, 0.6) is 11.5 Å². The Morgan fingerprint density at radius 3 is 1.37 bits per heavy atom. The van der Waals surface area contributed by atoms with Gasteiger partial charge in [-0.25, -0.2) is 0 Å². The molecule has 0 bridgehead atoms. The Morgan fingerprint density at radius 2 is 0.743 bits per heavy atom. The highest BCUT2D eigenvalue weighted by atomic mass is 16.5. The molecule has 70 heavy (non-hydrogen) atoms. The molecule has 0 amide bonds. The number of benzene rings is 11. The van der Waals surface area contributed by atoms with Crippen molar-refractivity contribution in [1.82, 2.24) is 4.57 Å². The largest absolute Gasteiger partial charge is 0.457 e. The van der Waals surface area contributed by atoms with E-state index in [1.165, 1.54) is 77.4 Å². The van der Waals surface area contributed by atoms with Crippen molar-refractivity contribution in [2.75, 3.05) is 4.90 Å². The van der Waals surface area contributed by atoms with Crippen LogP contribution < -0.4 is 9.64 Å². The van der Waals surface area contributed by atoms with Crippen molar-refractivity contribution in [1.29, 1.82) is 0 Å². The van der Waals surface area contributed by atoms with Crippen molar-refractivity contribution < 1.29 is 4.74 Å². The number of nitrogens with zero attached hydrogens (tertiary/aromatic N) is 2. The SMILES string of the molecule is c1ccc(-c2ccc(N(c3ccc(-c4ccccc4)cc3)c3ccc4c(c3)C3(c5ccccc5Oc5ccccc53)c3cc(-c5ccc6c(c5)c5ccccc5n6-c5ccccc5)ccc3-4)cc2)cc1. The van der Waals surface area contributed by atoms with E-state index in [0.717, 1.165) is 45.4 Å². The molecule has 328 valence electrons. The zero-order chi connectivity index (χ0) is 46.2. The molecule has 1 aliphatic heterocycles. The molecular formula is C67H44N2O. The molecule has 0 saturated carbocycles. The van der Waals surface area contributed by atoms with Crippen LogP contribution in [0.3, 0.4) is 0 Å². The Hall–Kier alpha value is -9.18. The monoisotopic (exact) mass is 892 g/mol. The molecule has 2 heterocycles. The fraction of sp³-hybridized carbons (Fsp3) is 0.0149. The molecular weight excluding hydrogens is 849 g/mol. The zero-order valence-corrected chi connectivity index (χ0v) is 38.2. The average Bonchev–Trinajstić information content (AvgIpc) is 3.91. The van der Waals surface area contributed by atoms with Gasteiger partial charge in [-0.1, -0.05) is 182 Å². The van der Waals surface area contributed by atoms with E-state index < -0.39 is 5.41 Å². The minimum atomic E-state index is -0.685.